The summed E-state index contributed by atoms with van der Waals surface area (Å²) in [5.74, 6) is 0. The van der Waals surface area contributed by atoms with Gasteiger partial charge in [0, 0.05) is 11.1 Å². The van der Waals surface area contributed by atoms with Crippen molar-refractivity contribution in [1.82, 2.24) is 0 Å². The molecule has 0 unspecified atom stereocenters. The van der Waals surface area contributed by atoms with Crippen molar-refractivity contribution in [3.63, 3.8) is 0 Å². The zero-order valence-electron chi connectivity index (χ0n) is 9.29. The number of anilines is 1. The van der Waals surface area contributed by atoms with Crippen LogP contribution < -0.4 is 10.2 Å². The van der Waals surface area contributed by atoms with Crippen LogP contribution in [0.25, 0.3) is 0 Å². The van der Waals surface area contributed by atoms with Crippen LogP contribution in [0.4, 0.5) is 11.4 Å². The number of rotatable bonds is 5. The van der Waals surface area contributed by atoms with Gasteiger partial charge in [-0.1, -0.05) is 11.6 Å². The first kappa shape index (κ1) is 12.7. The maximum absolute atomic E-state index is 10.8. The molecule has 1 aromatic carbocycles. The van der Waals surface area contributed by atoms with E-state index >= 15 is 0 Å². The SMILES string of the molecule is C[NH+](C)CCNc1ccc(Cl)cc1[N+](=O)[O-]. The van der Waals surface area contributed by atoms with E-state index in [-0.39, 0.29) is 5.69 Å². The van der Waals surface area contributed by atoms with E-state index in [4.69, 9.17) is 11.6 Å². The molecule has 6 heteroatoms. The van der Waals surface area contributed by atoms with Gasteiger partial charge in [0.1, 0.15) is 5.69 Å². The van der Waals surface area contributed by atoms with Crippen molar-refractivity contribution in [2.75, 3.05) is 32.5 Å². The lowest BCUT2D eigenvalue weighted by atomic mass is 10.2. The standard InChI is InChI=1S/C10H14ClN3O2/c1-13(2)6-5-12-9-4-3-8(11)7-10(9)14(15)16/h3-4,7,12H,5-6H2,1-2H3/p+1. The van der Waals surface area contributed by atoms with Crippen molar-refractivity contribution >= 4 is 23.0 Å². The zero-order valence-corrected chi connectivity index (χ0v) is 10.0. The van der Waals surface area contributed by atoms with E-state index in [0.29, 0.717) is 17.3 Å². The third kappa shape index (κ3) is 3.67. The van der Waals surface area contributed by atoms with E-state index < -0.39 is 4.92 Å². The normalized spacial score (nSPS) is 10.5. The summed E-state index contributed by atoms with van der Waals surface area (Å²) >= 11 is 5.71. The van der Waals surface area contributed by atoms with Crippen LogP contribution >= 0.6 is 11.6 Å². The maximum atomic E-state index is 10.8. The lowest BCUT2D eigenvalue weighted by Crippen LogP contribution is -3.06. The van der Waals surface area contributed by atoms with Gasteiger partial charge in [0.25, 0.3) is 5.69 Å². The number of hydrogen-bond acceptors (Lipinski definition) is 3. The molecule has 0 heterocycles. The topological polar surface area (TPSA) is 59.6 Å². The van der Waals surface area contributed by atoms with Crippen LogP contribution in [0.1, 0.15) is 0 Å². The molecule has 16 heavy (non-hydrogen) atoms. The molecule has 0 saturated heterocycles. The van der Waals surface area contributed by atoms with Crippen molar-refractivity contribution in [2.24, 2.45) is 0 Å². The largest absolute Gasteiger partial charge is 0.374 e. The third-order valence-corrected chi connectivity index (χ3v) is 2.33. The molecule has 0 radical (unpaired) electrons. The first-order valence-corrected chi connectivity index (χ1v) is 5.35. The molecule has 0 fully saturated rings. The van der Waals surface area contributed by atoms with Crippen LogP contribution in [0.5, 0.6) is 0 Å². The molecule has 2 N–H and O–H groups in total. The number of hydrogen-bond donors (Lipinski definition) is 2. The first-order chi connectivity index (χ1) is 7.50. The molecule has 0 aliphatic rings. The Bertz CT molecular complexity index is 382. The highest BCUT2D eigenvalue weighted by Crippen LogP contribution is 2.27. The summed E-state index contributed by atoms with van der Waals surface area (Å²) in [5, 5.41) is 14.2. The van der Waals surface area contributed by atoms with E-state index in [1.54, 1.807) is 12.1 Å². The van der Waals surface area contributed by atoms with Crippen LogP contribution in [-0.2, 0) is 0 Å². The third-order valence-electron chi connectivity index (χ3n) is 2.10. The summed E-state index contributed by atoms with van der Waals surface area (Å²) < 4.78 is 0. The lowest BCUT2D eigenvalue weighted by molar-refractivity contribution is -0.856. The Morgan fingerprint density at radius 1 is 1.50 bits per heavy atom. The summed E-state index contributed by atoms with van der Waals surface area (Å²) in [6.07, 6.45) is 0. The van der Waals surface area contributed by atoms with E-state index in [9.17, 15) is 10.1 Å². The Morgan fingerprint density at radius 3 is 2.75 bits per heavy atom. The van der Waals surface area contributed by atoms with Gasteiger partial charge in [0.15, 0.2) is 0 Å². The molecule has 0 atom stereocenters. The highest BCUT2D eigenvalue weighted by atomic mass is 35.5. The summed E-state index contributed by atoms with van der Waals surface area (Å²) in [6, 6.07) is 4.62. The van der Waals surface area contributed by atoms with E-state index in [1.807, 2.05) is 14.1 Å². The molecule has 1 rings (SSSR count). The summed E-state index contributed by atoms with van der Waals surface area (Å²) in [6.45, 7) is 1.57. The zero-order chi connectivity index (χ0) is 12.1. The average Bonchev–Trinajstić information content (AvgIpc) is 2.19. The molecule has 0 bridgehead atoms. The molecular formula is C10H15ClN3O2+. The van der Waals surface area contributed by atoms with Crippen molar-refractivity contribution in [3.8, 4) is 0 Å². The molecule has 0 spiro atoms. The average molecular weight is 245 g/mol. The second kappa shape index (κ2) is 5.67. The number of quaternary nitrogens is 1. The Labute approximate surface area is 99.2 Å². The van der Waals surface area contributed by atoms with Gasteiger partial charge >= 0.3 is 0 Å². The number of benzene rings is 1. The molecule has 0 aliphatic heterocycles. The van der Waals surface area contributed by atoms with Crippen molar-refractivity contribution in [2.45, 2.75) is 0 Å². The molecule has 0 amide bonds. The smallest absolute Gasteiger partial charge is 0.293 e. The molecule has 0 saturated carbocycles. The minimum atomic E-state index is -0.434. The van der Waals surface area contributed by atoms with Gasteiger partial charge in [0.05, 0.1) is 32.1 Å². The monoisotopic (exact) mass is 244 g/mol. The fraction of sp³-hybridized carbons (Fsp3) is 0.400. The van der Waals surface area contributed by atoms with Gasteiger partial charge in [0.2, 0.25) is 0 Å². The van der Waals surface area contributed by atoms with Crippen LogP contribution in [0, 0.1) is 10.1 Å². The first-order valence-electron chi connectivity index (χ1n) is 4.97. The Hall–Kier alpha value is -1.33. The maximum Gasteiger partial charge on any atom is 0.293 e. The van der Waals surface area contributed by atoms with Gasteiger partial charge in [-0.05, 0) is 12.1 Å². The lowest BCUT2D eigenvalue weighted by Gasteiger charge is -2.09. The molecule has 1 aromatic rings. The van der Waals surface area contributed by atoms with Gasteiger partial charge in [-0.3, -0.25) is 10.1 Å². The number of nitrogens with one attached hydrogen (secondary N) is 2. The van der Waals surface area contributed by atoms with Crippen LogP contribution in [0.15, 0.2) is 18.2 Å². The molecular weight excluding hydrogens is 230 g/mol. The predicted molar refractivity (Wildman–Crippen MR) is 64.3 cm³/mol. The van der Waals surface area contributed by atoms with Crippen molar-refractivity contribution in [3.05, 3.63) is 33.3 Å². The number of likely N-dealkylation sites (N-methyl/N-ethyl adjacent to an activating group) is 1. The fourth-order valence-electron chi connectivity index (χ4n) is 1.25. The summed E-state index contributed by atoms with van der Waals surface area (Å²) in [7, 11) is 4.05. The van der Waals surface area contributed by atoms with Gasteiger partial charge in [-0.25, -0.2) is 0 Å². The van der Waals surface area contributed by atoms with E-state index in [2.05, 4.69) is 5.32 Å². The van der Waals surface area contributed by atoms with Crippen LogP contribution in [0.2, 0.25) is 5.02 Å². The van der Waals surface area contributed by atoms with Gasteiger partial charge in [-0.2, -0.15) is 0 Å². The molecule has 0 aromatic heterocycles. The molecule has 0 aliphatic carbocycles. The number of nitro groups is 1. The number of halogens is 1. The van der Waals surface area contributed by atoms with Crippen molar-refractivity contribution < 1.29 is 9.82 Å². The molecule has 88 valence electrons. The van der Waals surface area contributed by atoms with Crippen LogP contribution in [0.3, 0.4) is 0 Å². The van der Waals surface area contributed by atoms with E-state index in [1.165, 1.54) is 11.0 Å². The summed E-state index contributed by atoms with van der Waals surface area (Å²) in [5.41, 5.74) is 0.525. The van der Waals surface area contributed by atoms with Gasteiger partial charge in [-0.15, -0.1) is 0 Å². The highest BCUT2D eigenvalue weighted by Gasteiger charge is 2.13. The van der Waals surface area contributed by atoms with E-state index in [0.717, 1.165) is 6.54 Å². The van der Waals surface area contributed by atoms with Gasteiger partial charge < -0.3 is 10.2 Å². The minimum Gasteiger partial charge on any atom is -0.374 e. The van der Waals surface area contributed by atoms with Crippen molar-refractivity contribution in [1.29, 1.82) is 0 Å². The second-order valence-electron chi connectivity index (χ2n) is 3.80. The molecule has 5 nitrogen and oxygen atoms in total. The second-order valence-corrected chi connectivity index (χ2v) is 4.24. The summed E-state index contributed by atoms with van der Waals surface area (Å²) in [4.78, 5) is 11.6. The minimum absolute atomic E-state index is 0.0151. The predicted octanol–water partition coefficient (Wildman–Crippen LogP) is 0.805. The number of nitrogens with zero attached hydrogens (tertiary/aromatic N) is 1. The fourth-order valence-corrected chi connectivity index (χ4v) is 1.42. The quantitative estimate of drug-likeness (QED) is 0.595. The Balaban J connectivity index is 2.75. The van der Waals surface area contributed by atoms with Crippen LogP contribution in [-0.4, -0.2) is 32.1 Å². The highest BCUT2D eigenvalue weighted by molar-refractivity contribution is 6.30. The number of nitro benzene ring substituents is 1. The Kier molecular flexibility index (Phi) is 4.52. The Morgan fingerprint density at radius 2 is 2.19 bits per heavy atom.